The van der Waals surface area contributed by atoms with Crippen molar-refractivity contribution in [3.8, 4) is 90.3 Å². The van der Waals surface area contributed by atoms with Gasteiger partial charge in [-0.1, -0.05) is 423 Å². The highest BCUT2D eigenvalue weighted by molar-refractivity contribution is 5.95. The number of fused-ring (bicyclic) bond motifs is 6. The van der Waals surface area contributed by atoms with E-state index < -0.39 is 0 Å². The zero-order chi connectivity index (χ0) is 77.0. The van der Waals surface area contributed by atoms with Gasteiger partial charge in [-0.15, -0.1) is 20.4 Å². The summed E-state index contributed by atoms with van der Waals surface area (Å²) < 4.78 is 14.3. The van der Waals surface area contributed by atoms with Gasteiger partial charge in [0.1, 0.15) is 0 Å². The summed E-state index contributed by atoms with van der Waals surface area (Å²) >= 11 is 0. The molecular formula is C104H142N4O2. The fraction of sp³-hybridized carbons (Fsp3) is 0.558. The Labute approximate surface area is 667 Å². The smallest absolute Gasteiger partial charge is 0.248 e. The van der Waals surface area contributed by atoms with E-state index in [1.807, 2.05) is 0 Å². The number of nitrogens with zero attached hydrogens (tertiary/aromatic N) is 4. The molecule has 11 rings (SSSR count). The summed E-state index contributed by atoms with van der Waals surface area (Å²) in [7, 11) is 0. The van der Waals surface area contributed by atoms with Crippen LogP contribution in [0.3, 0.4) is 0 Å². The zero-order valence-electron chi connectivity index (χ0n) is 70.6. The normalized spacial score (nSPS) is 13.5. The Balaban J connectivity index is 1.05. The lowest BCUT2D eigenvalue weighted by Crippen LogP contribution is -2.25. The maximum Gasteiger partial charge on any atom is 0.248 e. The number of hydrogen-bond acceptors (Lipinski definition) is 6. The van der Waals surface area contributed by atoms with Crippen molar-refractivity contribution < 1.29 is 8.83 Å². The minimum absolute atomic E-state index is 0.00318. The molecule has 0 spiro atoms. The van der Waals surface area contributed by atoms with Crippen LogP contribution < -0.4 is 0 Å². The maximum absolute atomic E-state index is 7.17. The Morgan fingerprint density at radius 1 is 0.227 bits per heavy atom. The second-order valence-corrected chi connectivity index (χ2v) is 35.9. The summed E-state index contributed by atoms with van der Waals surface area (Å²) in [4.78, 5) is 0. The molecule has 0 saturated carbocycles. The second kappa shape index (κ2) is 42.1. The van der Waals surface area contributed by atoms with Crippen LogP contribution in [0.15, 0.2) is 154 Å². The van der Waals surface area contributed by atoms with Gasteiger partial charge >= 0.3 is 0 Å². The summed E-state index contributed by atoms with van der Waals surface area (Å²) in [5.74, 6) is 1.99. The average Bonchev–Trinajstić information content (AvgIpc) is 1.59. The van der Waals surface area contributed by atoms with Crippen molar-refractivity contribution in [1.29, 1.82) is 0 Å². The molecule has 2 aliphatic rings. The molecule has 0 atom stereocenters. The van der Waals surface area contributed by atoms with Crippen LogP contribution in [0.4, 0.5) is 0 Å². The summed E-state index contributed by atoms with van der Waals surface area (Å²) in [6, 6.07) is 56.1. The molecule has 110 heavy (non-hydrogen) atoms. The first kappa shape index (κ1) is 83.7. The third kappa shape index (κ3) is 21.8. The van der Waals surface area contributed by atoms with Crippen LogP contribution in [0, 0.1) is 0 Å². The summed E-state index contributed by atoms with van der Waals surface area (Å²) in [5.41, 5.74) is 21.6. The fourth-order valence-electron chi connectivity index (χ4n) is 18.8. The predicted molar refractivity (Wildman–Crippen MR) is 470 cm³/mol. The quantitative estimate of drug-likeness (QED) is 0.0354. The zero-order valence-corrected chi connectivity index (χ0v) is 70.6. The highest BCUT2D eigenvalue weighted by Gasteiger charge is 2.44. The monoisotopic (exact) mass is 1480 g/mol. The first-order chi connectivity index (χ1) is 53.7. The standard InChI is InChI=1S/C104H142N4O2/c1-11-15-19-23-27-31-35-39-43-51-71-103(72-52-44-40-36-32-28-24-20-16-12-2)93-57-49-47-55-85(93)87-69-63-81(75-95(87)103)89-77-92(100-108-106-98(110-100)80-61-67-84(68-62-80)102(8,9)10)90(78-91(89)99-107-105-97(109-99)79-59-65-83(66-60-79)101(5,6)7)82-64-70-88-86-56-48-50-58-94(86)104(96(88)76-82,73-53-45-41-37-33-29-25-21-17-13-3)74-54-46-42-38-34-30-26-22-18-14-4/h47-50,55-70,75-78H,11-46,51-54,71-74H2,1-10H3. The average molecular weight is 1480 g/mol. The van der Waals surface area contributed by atoms with E-state index in [2.05, 4.69) is 215 Å². The van der Waals surface area contributed by atoms with Gasteiger partial charge in [0.2, 0.25) is 23.6 Å². The highest BCUT2D eigenvalue weighted by atomic mass is 16.4. The van der Waals surface area contributed by atoms with Gasteiger partial charge < -0.3 is 8.83 Å². The molecule has 0 unspecified atom stereocenters. The molecular weight excluding hydrogens is 1340 g/mol. The van der Waals surface area contributed by atoms with Crippen LogP contribution in [-0.4, -0.2) is 20.4 Å². The van der Waals surface area contributed by atoms with Crippen molar-refractivity contribution in [2.24, 2.45) is 0 Å². The Morgan fingerprint density at radius 2 is 0.473 bits per heavy atom. The van der Waals surface area contributed by atoms with Gasteiger partial charge in [0, 0.05) is 33.1 Å². The largest absolute Gasteiger partial charge is 0.416 e. The lowest BCUT2D eigenvalue weighted by molar-refractivity contribution is 0.397. The van der Waals surface area contributed by atoms with Gasteiger partial charge in [0.15, 0.2) is 0 Å². The maximum atomic E-state index is 7.17. The molecule has 0 aliphatic heterocycles. The van der Waals surface area contributed by atoms with E-state index in [-0.39, 0.29) is 21.7 Å². The molecule has 0 radical (unpaired) electrons. The minimum Gasteiger partial charge on any atom is -0.416 e. The van der Waals surface area contributed by atoms with Crippen LogP contribution in [0.25, 0.3) is 90.3 Å². The molecule has 0 fully saturated rings. The molecule has 9 aromatic rings. The van der Waals surface area contributed by atoms with Crippen molar-refractivity contribution in [2.75, 3.05) is 0 Å². The number of rotatable bonds is 50. The van der Waals surface area contributed by atoms with Crippen LogP contribution >= 0.6 is 0 Å². The number of benzene rings is 7. The number of hydrogen-bond donors (Lipinski definition) is 0. The molecule has 7 aromatic carbocycles. The molecule has 590 valence electrons. The topological polar surface area (TPSA) is 77.8 Å². The first-order valence-electron chi connectivity index (χ1n) is 45.3. The lowest BCUT2D eigenvalue weighted by atomic mass is 9.70. The van der Waals surface area contributed by atoms with Gasteiger partial charge in [-0.05, 0) is 163 Å². The third-order valence-electron chi connectivity index (χ3n) is 25.5. The van der Waals surface area contributed by atoms with Crippen molar-refractivity contribution in [3.63, 3.8) is 0 Å². The van der Waals surface area contributed by atoms with Crippen molar-refractivity contribution >= 4 is 0 Å². The second-order valence-electron chi connectivity index (χ2n) is 35.9. The molecule has 0 bridgehead atoms. The van der Waals surface area contributed by atoms with Crippen LogP contribution in [0.5, 0.6) is 0 Å². The first-order valence-corrected chi connectivity index (χ1v) is 45.3. The van der Waals surface area contributed by atoms with Gasteiger partial charge in [-0.3, -0.25) is 0 Å². The van der Waals surface area contributed by atoms with Crippen molar-refractivity contribution in [1.82, 2.24) is 20.4 Å². The highest BCUT2D eigenvalue weighted by Crippen LogP contribution is 2.58. The molecule has 2 heterocycles. The molecule has 2 aromatic heterocycles. The fourth-order valence-corrected chi connectivity index (χ4v) is 18.8. The number of aromatic nitrogens is 4. The van der Waals surface area contributed by atoms with E-state index in [4.69, 9.17) is 29.2 Å². The van der Waals surface area contributed by atoms with E-state index in [0.717, 1.165) is 70.2 Å². The van der Waals surface area contributed by atoms with Gasteiger partial charge in [0.05, 0.1) is 0 Å². The van der Waals surface area contributed by atoms with E-state index in [1.165, 1.54) is 312 Å². The van der Waals surface area contributed by atoms with Crippen molar-refractivity contribution in [3.05, 3.63) is 179 Å². The molecule has 0 N–H and O–H groups in total. The van der Waals surface area contributed by atoms with E-state index in [9.17, 15) is 0 Å². The Hall–Kier alpha value is -7.18. The van der Waals surface area contributed by atoms with Crippen LogP contribution in [0.1, 0.15) is 385 Å². The lowest BCUT2D eigenvalue weighted by Gasteiger charge is -2.33. The molecule has 2 aliphatic carbocycles. The molecule has 0 amide bonds. The van der Waals surface area contributed by atoms with Crippen molar-refractivity contribution in [2.45, 2.75) is 373 Å². The molecule has 0 saturated heterocycles. The Bertz CT molecular complexity index is 3890. The SMILES string of the molecule is CCCCCCCCCCCCC1(CCCCCCCCCCCC)c2ccccc2-c2ccc(-c3cc(-c4nnc(-c5ccc(C(C)(C)C)cc5)o4)c(-c4ccc5c(c4)C(CCCCCCCCCCCC)(CCCCCCCCCCCC)c4ccccc4-5)cc3-c3nnc(-c4ccc(C(C)(C)C)cc4)o3)cc21. The number of unbranched alkanes of at least 4 members (excludes halogenated alkanes) is 36. The molecule has 6 nitrogen and oxygen atoms in total. The van der Waals surface area contributed by atoms with Crippen LogP contribution in [0.2, 0.25) is 0 Å². The summed E-state index contributed by atoms with van der Waals surface area (Å²) in [6.07, 6.45) is 57.6. The third-order valence-corrected chi connectivity index (χ3v) is 25.5. The van der Waals surface area contributed by atoms with E-state index >= 15 is 0 Å². The Kier molecular flexibility index (Phi) is 32.0. The Morgan fingerprint density at radius 3 is 0.755 bits per heavy atom. The van der Waals surface area contributed by atoms with Gasteiger partial charge in [-0.2, -0.15) is 0 Å². The van der Waals surface area contributed by atoms with Crippen LogP contribution in [-0.2, 0) is 21.7 Å². The summed E-state index contributed by atoms with van der Waals surface area (Å²) in [6.45, 7) is 22.9. The summed E-state index contributed by atoms with van der Waals surface area (Å²) in [5, 5.41) is 20.2. The van der Waals surface area contributed by atoms with E-state index in [1.54, 1.807) is 0 Å². The predicted octanol–water partition coefficient (Wildman–Crippen LogP) is 32.8. The van der Waals surface area contributed by atoms with Gasteiger partial charge in [0.25, 0.3) is 0 Å². The van der Waals surface area contributed by atoms with E-state index in [0.29, 0.717) is 23.6 Å². The molecule has 6 heteroatoms. The minimum atomic E-state index is -0.137. The van der Waals surface area contributed by atoms with Gasteiger partial charge in [-0.25, -0.2) is 0 Å².